The molecule has 2 aromatic carbocycles. The predicted molar refractivity (Wildman–Crippen MR) is 90.4 cm³/mol. The number of fused-ring (bicyclic) bond motifs is 1. The second-order valence-electron chi connectivity index (χ2n) is 5.82. The molecule has 1 unspecified atom stereocenters. The molecule has 0 fully saturated rings. The molecule has 0 aromatic heterocycles. The largest absolute Gasteiger partial charge is 0.508 e. The zero-order chi connectivity index (χ0) is 16.9. The standard InChI is InChI=1S/C19H21NO4/c1-13(15-6-8-17-18(12-15)24-11-10-23-17)20-19(22)9-7-14-4-2-3-5-16(14)21/h2-6,8,12-13,21H,7,9-11H2,1H3,(H,20,22). The first-order chi connectivity index (χ1) is 11.6. The van der Waals surface area contributed by atoms with Gasteiger partial charge in [0.15, 0.2) is 11.5 Å². The highest BCUT2D eigenvalue weighted by Gasteiger charge is 2.16. The third-order valence-corrected chi connectivity index (χ3v) is 4.06. The number of rotatable bonds is 5. The normalized spacial score (nSPS) is 14.0. The first-order valence-electron chi connectivity index (χ1n) is 8.09. The van der Waals surface area contributed by atoms with E-state index >= 15 is 0 Å². The Morgan fingerprint density at radius 2 is 1.92 bits per heavy atom. The van der Waals surface area contributed by atoms with Gasteiger partial charge in [-0.3, -0.25) is 4.79 Å². The second kappa shape index (κ2) is 7.25. The highest BCUT2D eigenvalue weighted by Crippen LogP contribution is 2.32. The minimum Gasteiger partial charge on any atom is -0.508 e. The van der Waals surface area contributed by atoms with Crippen molar-refractivity contribution < 1.29 is 19.4 Å². The molecule has 2 N–H and O–H groups in total. The van der Waals surface area contributed by atoms with Crippen molar-refractivity contribution in [3.05, 3.63) is 53.6 Å². The number of aryl methyl sites for hydroxylation is 1. The van der Waals surface area contributed by atoms with Crippen LogP contribution >= 0.6 is 0 Å². The van der Waals surface area contributed by atoms with E-state index in [1.54, 1.807) is 12.1 Å². The van der Waals surface area contributed by atoms with Crippen LogP contribution in [-0.4, -0.2) is 24.2 Å². The van der Waals surface area contributed by atoms with E-state index in [9.17, 15) is 9.90 Å². The Morgan fingerprint density at radius 3 is 2.71 bits per heavy atom. The molecule has 1 aliphatic heterocycles. The maximum atomic E-state index is 12.2. The smallest absolute Gasteiger partial charge is 0.220 e. The maximum Gasteiger partial charge on any atom is 0.220 e. The van der Waals surface area contributed by atoms with Crippen LogP contribution in [-0.2, 0) is 11.2 Å². The van der Waals surface area contributed by atoms with Crippen LogP contribution < -0.4 is 14.8 Å². The summed E-state index contributed by atoms with van der Waals surface area (Å²) in [5, 5.41) is 12.7. The average molecular weight is 327 g/mol. The van der Waals surface area contributed by atoms with Crippen molar-refractivity contribution in [2.45, 2.75) is 25.8 Å². The second-order valence-corrected chi connectivity index (χ2v) is 5.82. The van der Waals surface area contributed by atoms with Crippen LogP contribution in [0, 0.1) is 0 Å². The van der Waals surface area contributed by atoms with Gasteiger partial charge in [0.25, 0.3) is 0 Å². The summed E-state index contributed by atoms with van der Waals surface area (Å²) < 4.78 is 11.1. The van der Waals surface area contributed by atoms with Gasteiger partial charge in [-0.2, -0.15) is 0 Å². The molecule has 3 rings (SSSR count). The van der Waals surface area contributed by atoms with Crippen molar-refractivity contribution in [2.75, 3.05) is 13.2 Å². The number of hydrogen-bond acceptors (Lipinski definition) is 4. The molecule has 2 aromatic rings. The number of hydrogen-bond donors (Lipinski definition) is 2. The van der Waals surface area contributed by atoms with Gasteiger partial charge in [0, 0.05) is 6.42 Å². The number of nitrogens with one attached hydrogen (secondary N) is 1. The number of phenolic OH excluding ortho intramolecular Hbond substituents is 1. The van der Waals surface area contributed by atoms with Crippen molar-refractivity contribution in [3.63, 3.8) is 0 Å². The Bertz CT molecular complexity index is 729. The van der Waals surface area contributed by atoms with Gasteiger partial charge in [-0.25, -0.2) is 0 Å². The minimum absolute atomic E-state index is 0.0550. The topological polar surface area (TPSA) is 67.8 Å². The molecular weight excluding hydrogens is 306 g/mol. The number of benzene rings is 2. The molecule has 24 heavy (non-hydrogen) atoms. The Balaban J connectivity index is 1.57. The van der Waals surface area contributed by atoms with Crippen molar-refractivity contribution in [1.82, 2.24) is 5.32 Å². The van der Waals surface area contributed by atoms with Crippen LogP contribution in [0.1, 0.15) is 30.5 Å². The fraction of sp³-hybridized carbons (Fsp3) is 0.316. The Hall–Kier alpha value is -2.69. The van der Waals surface area contributed by atoms with Gasteiger partial charge in [-0.15, -0.1) is 0 Å². The van der Waals surface area contributed by atoms with Gasteiger partial charge in [0.05, 0.1) is 6.04 Å². The zero-order valence-electron chi connectivity index (χ0n) is 13.6. The average Bonchev–Trinajstić information content (AvgIpc) is 2.60. The molecular formula is C19H21NO4. The molecule has 0 saturated heterocycles. The highest BCUT2D eigenvalue weighted by molar-refractivity contribution is 5.76. The van der Waals surface area contributed by atoms with Gasteiger partial charge < -0.3 is 19.9 Å². The SMILES string of the molecule is CC(NC(=O)CCc1ccccc1O)c1ccc2c(c1)OCCO2. The molecule has 0 aliphatic carbocycles. The minimum atomic E-state index is -0.127. The molecule has 1 aliphatic rings. The molecule has 1 atom stereocenters. The number of carbonyl (C=O) groups is 1. The number of carbonyl (C=O) groups excluding carboxylic acids is 1. The van der Waals surface area contributed by atoms with E-state index in [1.807, 2.05) is 37.3 Å². The number of phenols is 1. The van der Waals surface area contributed by atoms with E-state index in [0.29, 0.717) is 31.8 Å². The van der Waals surface area contributed by atoms with Crippen molar-refractivity contribution in [2.24, 2.45) is 0 Å². The third kappa shape index (κ3) is 3.79. The molecule has 0 radical (unpaired) electrons. The van der Waals surface area contributed by atoms with Crippen LogP contribution in [0.15, 0.2) is 42.5 Å². The van der Waals surface area contributed by atoms with Gasteiger partial charge in [0.1, 0.15) is 19.0 Å². The van der Waals surface area contributed by atoms with Gasteiger partial charge >= 0.3 is 0 Å². The molecule has 5 heteroatoms. The van der Waals surface area contributed by atoms with Crippen LogP contribution in [0.4, 0.5) is 0 Å². The third-order valence-electron chi connectivity index (χ3n) is 4.06. The van der Waals surface area contributed by atoms with Gasteiger partial charge in [-0.05, 0) is 42.7 Å². The summed E-state index contributed by atoms with van der Waals surface area (Å²) >= 11 is 0. The molecule has 1 heterocycles. The maximum absolute atomic E-state index is 12.2. The van der Waals surface area contributed by atoms with Crippen molar-refractivity contribution in [3.8, 4) is 17.2 Å². The fourth-order valence-electron chi connectivity index (χ4n) is 2.70. The fourth-order valence-corrected chi connectivity index (χ4v) is 2.70. The Kier molecular flexibility index (Phi) is 4.89. The van der Waals surface area contributed by atoms with E-state index in [-0.39, 0.29) is 17.7 Å². The number of amides is 1. The summed E-state index contributed by atoms with van der Waals surface area (Å²) in [5.41, 5.74) is 1.75. The van der Waals surface area contributed by atoms with Crippen LogP contribution in [0.25, 0.3) is 0 Å². The van der Waals surface area contributed by atoms with E-state index in [0.717, 1.165) is 16.9 Å². The summed E-state index contributed by atoms with van der Waals surface area (Å²) in [7, 11) is 0. The number of aromatic hydroxyl groups is 1. The predicted octanol–water partition coefficient (Wildman–Crippen LogP) is 2.97. The van der Waals surface area contributed by atoms with E-state index in [4.69, 9.17) is 9.47 Å². The van der Waals surface area contributed by atoms with E-state index < -0.39 is 0 Å². The quantitative estimate of drug-likeness (QED) is 0.886. The molecule has 0 spiro atoms. The monoisotopic (exact) mass is 327 g/mol. The first kappa shape index (κ1) is 16.2. The lowest BCUT2D eigenvalue weighted by Crippen LogP contribution is -2.27. The molecule has 126 valence electrons. The summed E-state index contributed by atoms with van der Waals surface area (Å²) in [6.07, 6.45) is 0.832. The van der Waals surface area contributed by atoms with Crippen molar-refractivity contribution in [1.29, 1.82) is 0 Å². The summed E-state index contributed by atoms with van der Waals surface area (Å²) in [4.78, 5) is 12.2. The number of para-hydroxylation sites is 1. The summed E-state index contributed by atoms with van der Waals surface area (Å²) in [6, 6.07) is 12.7. The van der Waals surface area contributed by atoms with Gasteiger partial charge in [0.2, 0.25) is 5.91 Å². The van der Waals surface area contributed by atoms with E-state index in [1.165, 1.54) is 0 Å². The zero-order valence-corrected chi connectivity index (χ0v) is 13.6. The van der Waals surface area contributed by atoms with E-state index in [2.05, 4.69) is 5.32 Å². The lowest BCUT2D eigenvalue weighted by atomic mass is 10.1. The Labute approximate surface area is 141 Å². The van der Waals surface area contributed by atoms with Crippen molar-refractivity contribution >= 4 is 5.91 Å². The molecule has 1 amide bonds. The molecule has 5 nitrogen and oxygen atoms in total. The molecule has 0 saturated carbocycles. The Morgan fingerprint density at radius 1 is 1.17 bits per heavy atom. The lowest BCUT2D eigenvalue weighted by molar-refractivity contribution is -0.121. The van der Waals surface area contributed by atoms with Crippen LogP contribution in [0.5, 0.6) is 17.2 Å². The highest BCUT2D eigenvalue weighted by atomic mass is 16.6. The van der Waals surface area contributed by atoms with Crippen LogP contribution in [0.2, 0.25) is 0 Å². The molecule has 0 bridgehead atoms. The number of ether oxygens (including phenoxy) is 2. The summed E-state index contributed by atoms with van der Waals surface area (Å²) in [6.45, 7) is 3.03. The van der Waals surface area contributed by atoms with Gasteiger partial charge in [-0.1, -0.05) is 24.3 Å². The summed E-state index contributed by atoms with van der Waals surface area (Å²) in [5.74, 6) is 1.63. The first-order valence-corrected chi connectivity index (χ1v) is 8.09. The lowest BCUT2D eigenvalue weighted by Gasteiger charge is -2.21. The van der Waals surface area contributed by atoms with Crippen LogP contribution in [0.3, 0.4) is 0 Å².